The number of phosphoric acid groups is 2. The molecule has 5 atom stereocenters. The zero-order chi connectivity index (χ0) is 72.1. The minimum atomic E-state index is -4.96. The second-order valence-corrected chi connectivity index (χ2v) is 32.3. The summed E-state index contributed by atoms with van der Waals surface area (Å²) in [5.74, 6) is -0.540. The van der Waals surface area contributed by atoms with E-state index in [0.29, 0.717) is 25.7 Å². The van der Waals surface area contributed by atoms with E-state index in [4.69, 9.17) is 37.0 Å². The van der Waals surface area contributed by atoms with Gasteiger partial charge in [-0.2, -0.15) is 0 Å². The highest BCUT2D eigenvalue weighted by atomic mass is 31.2. The van der Waals surface area contributed by atoms with Crippen molar-refractivity contribution in [3.05, 3.63) is 0 Å². The molecule has 0 radical (unpaired) electrons. The number of aliphatic hydroxyl groups excluding tert-OH is 1. The summed E-state index contributed by atoms with van der Waals surface area (Å²) < 4.78 is 68.4. The number of carbonyl (C=O) groups is 4. The molecule has 98 heavy (non-hydrogen) atoms. The van der Waals surface area contributed by atoms with Gasteiger partial charge in [0.1, 0.15) is 19.3 Å². The van der Waals surface area contributed by atoms with E-state index in [0.717, 1.165) is 108 Å². The van der Waals surface area contributed by atoms with Crippen LogP contribution in [0.5, 0.6) is 0 Å². The molecular formula is C79H154O17P2. The zero-order valence-corrected chi connectivity index (χ0v) is 65.9. The fourth-order valence-electron chi connectivity index (χ4n) is 12.2. The van der Waals surface area contributed by atoms with Crippen LogP contribution in [0.3, 0.4) is 0 Å². The van der Waals surface area contributed by atoms with Crippen LogP contribution in [0.2, 0.25) is 0 Å². The van der Waals surface area contributed by atoms with Crippen LogP contribution in [0.1, 0.15) is 414 Å². The van der Waals surface area contributed by atoms with Gasteiger partial charge in [0.2, 0.25) is 0 Å². The van der Waals surface area contributed by atoms with Crippen LogP contribution >= 0.6 is 15.6 Å². The lowest BCUT2D eigenvalue weighted by Crippen LogP contribution is -2.30. The van der Waals surface area contributed by atoms with Gasteiger partial charge in [-0.25, -0.2) is 9.13 Å². The van der Waals surface area contributed by atoms with Crippen molar-refractivity contribution in [1.82, 2.24) is 0 Å². The molecule has 0 saturated heterocycles. The Morgan fingerprint density at radius 2 is 0.469 bits per heavy atom. The van der Waals surface area contributed by atoms with Crippen molar-refractivity contribution in [2.75, 3.05) is 39.6 Å². The van der Waals surface area contributed by atoms with Crippen molar-refractivity contribution in [3.63, 3.8) is 0 Å². The van der Waals surface area contributed by atoms with Crippen molar-refractivity contribution >= 4 is 39.5 Å². The van der Waals surface area contributed by atoms with Gasteiger partial charge in [-0.3, -0.25) is 37.3 Å². The molecule has 0 aliphatic carbocycles. The molecule has 0 spiro atoms. The fraction of sp³-hybridized carbons (Fsp3) is 0.949. The smallest absolute Gasteiger partial charge is 0.462 e. The van der Waals surface area contributed by atoms with Gasteiger partial charge < -0.3 is 33.8 Å². The Hall–Kier alpha value is -1.94. The van der Waals surface area contributed by atoms with Crippen LogP contribution in [0, 0.1) is 11.8 Å². The van der Waals surface area contributed by atoms with Gasteiger partial charge in [0, 0.05) is 25.7 Å². The topological polar surface area (TPSA) is 237 Å². The molecule has 0 aromatic rings. The number of carbonyl (C=O) groups excluding carboxylic acids is 4. The van der Waals surface area contributed by atoms with E-state index in [1.54, 1.807) is 0 Å². The van der Waals surface area contributed by atoms with Crippen molar-refractivity contribution < 1.29 is 80.2 Å². The molecule has 0 aliphatic heterocycles. The van der Waals surface area contributed by atoms with Gasteiger partial charge in [0.15, 0.2) is 12.2 Å². The third-order valence-corrected chi connectivity index (χ3v) is 20.4. The monoisotopic (exact) mass is 1440 g/mol. The van der Waals surface area contributed by atoms with E-state index in [1.807, 2.05) is 0 Å². The third-order valence-electron chi connectivity index (χ3n) is 18.5. The second kappa shape index (κ2) is 70.7. The first-order chi connectivity index (χ1) is 47.4. The Bertz CT molecular complexity index is 1890. The molecule has 0 saturated carbocycles. The quantitative estimate of drug-likeness (QED) is 0.0222. The zero-order valence-electron chi connectivity index (χ0n) is 64.1. The molecule has 0 aromatic carbocycles. The molecule has 0 amide bonds. The fourth-order valence-corrected chi connectivity index (χ4v) is 13.8. The number of unbranched alkanes of at least 4 members (excludes halogenated alkanes) is 48. The largest absolute Gasteiger partial charge is 0.472 e. The number of phosphoric ester groups is 2. The average molecular weight is 1440 g/mol. The molecule has 19 heteroatoms. The van der Waals surface area contributed by atoms with E-state index in [9.17, 15) is 43.2 Å². The lowest BCUT2D eigenvalue weighted by Gasteiger charge is -2.21. The van der Waals surface area contributed by atoms with Crippen molar-refractivity contribution in [2.24, 2.45) is 11.8 Å². The van der Waals surface area contributed by atoms with Crippen LogP contribution in [-0.2, 0) is 65.4 Å². The normalized spacial score (nSPS) is 13.9. The minimum absolute atomic E-state index is 0.106. The first kappa shape index (κ1) is 96.1. The maximum absolute atomic E-state index is 13.1. The highest BCUT2D eigenvalue weighted by Gasteiger charge is 2.30. The number of esters is 4. The first-order valence-electron chi connectivity index (χ1n) is 41.0. The van der Waals surface area contributed by atoms with Gasteiger partial charge >= 0.3 is 39.5 Å². The Kier molecular flexibility index (Phi) is 69.3. The molecule has 17 nitrogen and oxygen atoms in total. The van der Waals surface area contributed by atoms with E-state index < -0.39 is 97.5 Å². The molecule has 0 fully saturated rings. The highest BCUT2D eigenvalue weighted by molar-refractivity contribution is 7.47. The van der Waals surface area contributed by atoms with Crippen LogP contribution in [0.25, 0.3) is 0 Å². The van der Waals surface area contributed by atoms with Gasteiger partial charge in [-0.05, 0) is 37.5 Å². The summed E-state index contributed by atoms with van der Waals surface area (Å²) in [6, 6.07) is 0. The van der Waals surface area contributed by atoms with Gasteiger partial charge in [-0.1, -0.05) is 363 Å². The first-order valence-corrected chi connectivity index (χ1v) is 44.0. The average Bonchev–Trinajstić information content (AvgIpc) is 1.00. The molecule has 3 N–H and O–H groups in total. The molecule has 0 rings (SSSR count). The third kappa shape index (κ3) is 72.4. The van der Waals surface area contributed by atoms with Gasteiger partial charge in [0.05, 0.1) is 26.4 Å². The summed E-state index contributed by atoms with van der Waals surface area (Å²) in [6.07, 6.45) is 60.2. The molecule has 0 aliphatic rings. The number of ether oxygens (including phenoxy) is 4. The number of hydrogen-bond donors (Lipinski definition) is 3. The van der Waals surface area contributed by atoms with Crippen LogP contribution in [0.4, 0.5) is 0 Å². The summed E-state index contributed by atoms with van der Waals surface area (Å²) in [4.78, 5) is 72.6. The Morgan fingerprint density at radius 1 is 0.276 bits per heavy atom. The molecular weight excluding hydrogens is 1280 g/mol. The predicted molar refractivity (Wildman–Crippen MR) is 400 cm³/mol. The van der Waals surface area contributed by atoms with Crippen LogP contribution < -0.4 is 0 Å². The maximum Gasteiger partial charge on any atom is 0.472 e. The molecule has 0 aromatic heterocycles. The molecule has 0 bridgehead atoms. The Morgan fingerprint density at radius 3 is 0.694 bits per heavy atom. The lowest BCUT2D eigenvalue weighted by atomic mass is 10.0. The van der Waals surface area contributed by atoms with E-state index in [2.05, 4.69) is 41.5 Å². The van der Waals surface area contributed by atoms with Crippen molar-refractivity contribution in [2.45, 2.75) is 432 Å². The predicted octanol–water partition coefficient (Wildman–Crippen LogP) is 23.5. The van der Waals surface area contributed by atoms with E-state index in [1.165, 1.54) is 225 Å². The maximum atomic E-state index is 13.1. The van der Waals surface area contributed by atoms with Gasteiger partial charge in [0.25, 0.3) is 0 Å². The molecule has 0 heterocycles. The van der Waals surface area contributed by atoms with Crippen molar-refractivity contribution in [1.29, 1.82) is 0 Å². The highest BCUT2D eigenvalue weighted by Crippen LogP contribution is 2.45. The SMILES string of the molecule is CCCCCCCCCCCCCCCCCCCCCCC(=O)O[C@H](COC(=O)CCCCCCCCCCCCCCCCCC(C)C)COP(=O)(O)OC[C@@H](O)COP(=O)(O)OC[C@@H](COC(=O)CCCCCCC)OC(=O)CCCCCCCCCCCCCCC(C)C. The van der Waals surface area contributed by atoms with E-state index in [-0.39, 0.29) is 25.7 Å². The van der Waals surface area contributed by atoms with Crippen LogP contribution in [0.15, 0.2) is 0 Å². The molecule has 2 unspecified atom stereocenters. The van der Waals surface area contributed by atoms with E-state index >= 15 is 0 Å². The summed E-state index contributed by atoms with van der Waals surface area (Å²) in [5, 5.41) is 10.6. The Labute approximate surface area is 600 Å². The number of hydrogen-bond acceptors (Lipinski definition) is 15. The second-order valence-electron chi connectivity index (χ2n) is 29.4. The molecule has 582 valence electrons. The standard InChI is InChI=1S/C79H154O17P2/c1-7-9-11-13-14-15-16-17-18-19-20-21-22-25-29-35-40-45-51-57-64-79(84)96-75(68-90-77(82)62-56-50-44-39-34-28-26-23-24-27-32-37-42-48-53-59-71(3)4)70-94-98(87,88)92-66-73(80)65-91-97(85,86)93-69-74(67-89-76(81)61-55-47-12-10-8-2)95-78(83)63-58-52-46-41-36-31-30-33-38-43-49-54-60-72(5)6/h71-75,80H,7-70H2,1-6H3,(H,85,86)(H,87,88)/t73-,74+,75+/m0/s1. The summed E-state index contributed by atoms with van der Waals surface area (Å²) >= 11 is 0. The number of aliphatic hydroxyl groups is 1. The lowest BCUT2D eigenvalue weighted by molar-refractivity contribution is -0.161. The van der Waals surface area contributed by atoms with Crippen molar-refractivity contribution in [3.8, 4) is 0 Å². The number of rotatable bonds is 78. The summed E-state index contributed by atoms with van der Waals surface area (Å²) in [6.45, 7) is 9.57. The Balaban J connectivity index is 5.13. The summed E-state index contributed by atoms with van der Waals surface area (Å²) in [5.41, 5.74) is 0. The van der Waals surface area contributed by atoms with Crippen LogP contribution in [-0.4, -0.2) is 96.7 Å². The van der Waals surface area contributed by atoms with Gasteiger partial charge in [-0.15, -0.1) is 0 Å². The minimum Gasteiger partial charge on any atom is -0.462 e. The summed E-state index contributed by atoms with van der Waals surface area (Å²) in [7, 11) is -9.91.